The van der Waals surface area contributed by atoms with Crippen molar-refractivity contribution >= 4 is 18.4 Å². The van der Waals surface area contributed by atoms with E-state index in [-0.39, 0.29) is 18.8 Å². The predicted octanol–water partition coefficient (Wildman–Crippen LogP) is 1.67. The normalized spacial score (nSPS) is 11.3. The van der Waals surface area contributed by atoms with Crippen molar-refractivity contribution in [3.63, 3.8) is 0 Å². The Labute approximate surface area is 94.0 Å². The lowest BCUT2D eigenvalue weighted by Gasteiger charge is -2.10. The Morgan fingerprint density at radius 3 is 2.53 bits per heavy atom. The number of nitrogens with one attached hydrogen (secondary N) is 1. The van der Waals surface area contributed by atoms with Gasteiger partial charge in [-0.15, -0.1) is 22.4 Å². The minimum absolute atomic E-state index is 0. The van der Waals surface area contributed by atoms with Crippen LogP contribution in [0.15, 0.2) is 30.3 Å². The molecule has 84 valence electrons. The van der Waals surface area contributed by atoms with E-state index in [4.69, 9.17) is 0 Å². The second kappa shape index (κ2) is 7.20. The molecule has 1 aromatic carbocycles. The van der Waals surface area contributed by atoms with Crippen molar-refractivity contribution in [1.29, 1.82) is 0 Å². The van der Waals surface area contributed by atoms with Crippen LogP contribution >= 0.6 is 12.4 Å². The smallest absolute Gasteiger partial charge is 0.325 e. The number of benzene rings is 1. The third kappa shape index (κ3) is 4.27. The van der Waals surface area contributed by atoms with Crippen molar-refractivity contribution in [3.8, 4) is 0 Å². The highest BCUT2D eigenvalue weighted by Gasteiger charge is 2.18. The van der Waals surface area contributed by atoms with Crippen molar-refractivity contribution in [1.82, 2.24) is 5.54 Å². The fraction of sp³-hybridized carbons (Fsp3) is 0.300. The van der Waals surface area contributed by atoms with Crippen LogP contribution in [-0.4, -0.2) is 19.1 Å². The number of ether oxygens (including phenoxy) is 1. The van der Waals surface area contributed by atoms with E-state index in [1.807, 2.05) is 30.3 Å². The van der Waals surface area contributed by atoms with E-state index in [0.717, 1.165) is 5.56 Å². The van der Waals surface area contributed by atoms with Gasteiger partial charge in [0.15, 0.2) is 0 Å². The van der Waals surface area contributed by atoms with E-state index >= 15 is 0 Å². The Morgan fingerprint density at radius 1 is 1.47 bits per heavy atom. The highest BCUT2D eigenvalue weighted by molar-refractivity contribution is 5.85. The third-order valence-electron chi connectivity index (χ3n) is 1.90. The van der Waals surface area contributed by atoms with Crippen LogP contribution < -0.4 is 5.54 Å². The summed E-state index contributed by atoms with van der Waals surface area (Å²) in [6, 6.07) is 8.26. The van der Waals surface area contributed by atoms with Gasteiger partial charge in [0.25, 0.3) is 0 Å². The molecule has 0 bridgehead atoms. The maximum absolute atomic E-state index is 12.2. The lowest BCUT2D eigenvalue weighted by molar-refractivity contribution is -0.144. The summed E-state index contributed by atoms with van der Waals surface area (Å²) in [6.07, 6.45) is 0.282. The molecule has 1 aromatic rings. The first kappa shape index (κ1) is 13.9. The molecule has 15 heavy (non-hydrogen) atoms. The number of halogens is 2. The zero-order valence-corrected chi connectivity index (χ0v) is 9.09. The zero-order chi connectivity index (χ0) is 10.4. The molecular formula is C10H13ClFNO2. The molecule has 1 atom stereocenters. The van der Waals surface area contributed by atoms with Crippen LogP contribution in [0.2, 0.25) is 0 Å². The second-order valence-electron chi connectivity index (χ2n) is 2.87. The largest absolute Gasteiger partial charge is 0.468 e. The Morgan fingerprint density at radius 2 is 2.07 bits per heavy atom. The van der Waals surface area contributed by atoms with Crippen molar-refractivity contribution < 1.29 is 14.0 Å². The average Bonchev–Trinajstić information content (AvgIpc) is 2.26. The van der Waals surface area contributed by atoms with Gasteiger partial charge in [0.1, 0.15) is 6.04 Å². The summed E-state index contributed by atoms with van der Waals surface area (Å²) in [7, 11) is 1.23. The molecule has 0 saturated heterocycles. The number of rotatable bonds is 4. The van der Waals surface area contributed by atoms with E-state index in [2.05, 4.69) is 4.74 Å². The SMILES string of the molecule is COC(=O)[C@H](Cc1ccccc1)NF.Cl. The predicted molar refractivity (Wildman–Crippen MR) is 57.4 cm³/mol. The molecule has 0 saturated carbocycles. The van der Waals surface area contributed by atoms with Crippen LogP contribution in [0.1, 0.15) is 5.56 Å². The molecule has 0 aliphatic heterocycles. The highest BCUT2D eigenvalue weighted by Crippen LogP contribution is 2.04. The summed E-state index contributed by atoms with van der Waals surface area (Å²) < 4.78 is 16.7. The summed E-state index contributed by atoms with van der Waals surface area (Å²) in [5, 5.41) is 0. The molecule has 0 heterocycles. The molecular weight excluding hydrogens is 221 g/mol. The van der Waals surface area contributed by atoms with Crippen LogP contribution in [-0.2, 0) is 16.0 Å². The fourth-order valence-corrected chi connectivity index (χ4v) is 1.16. The first-order valence-electron chi connectivity index (χ1n) is 4.26. The van der Waals surface area contributed by atoms with Gasteiger partial charge in [-0.25, -0.2) is 0 Å². The zero-order valence-electron chi connectivity index (χ0n) is 8.27. The van der Waals surface area contributed by atoms with Crippen LogP contribution in [0.4, 0.5) is 4.48 Å². The molecule has 0 unspecified atom stereocenters. The highest BCUT2D eigenvalue weighted by atomic mass is 35.5. The Balaban J connectivity index is 0.00000196. The Kier molecular flexibility index (Phi) is 6.66. The van der Waals surface area contributed by atoms with Gasteiger partial charge in [-0.3, -0.25) is 4.79 Å². The molecule has 0 aromatic heterocycles. The average molecular weight is 234 g/mol. The molecule has 1 rings (SSSR count). The van der Waals surface area contributed by atoms with Crippen molar-refractivity contribution in [2.45, 2.75) is 12.5 Å². The molecule has 5 heteroatoms. The standard InChI is InChI=1S/C10H12FNO2.ClH/c1-14-10(13)9(12-11)7-8-5-3-2-4-6-8;/h2-6,9,12H,7H2,1H3;1H/t9-;/m0./s1. The molecule has 0 aliphatic carbocycles. The fourth-order valence-electron chi connectivity index (χ4n) is 1.16. The number of carbonyl (C=O) groups is 1. The molecule has 0 spiro atoms. The maximum atomic E-state index is 12.2. The molecule has 0 radical (unpaired) electrons. The first-order valence-corrected chi connectivity index (χ1v) is 4.26. The van der Waals surface area contributed by atoms with Gasteiger partial charge in [0, 0.05) is 6.42 Å². The molecule has 3 nitrogen and oxygen atoms in total. The quantitative estimate of drug-likeness (QED) is 0.635. The van der Waals surface area contributed by atoms with E-state index in [1.165, 1.54) is 12.6 Å². The Hall–Kier alpha value is -1.13. The first-order chi connectivity index (χ1) is 6.77. The molecule has 0 fully saturated rings. The number of hydrogen-bond acceptors (Lipinski definition) is 3. The number of methoxy groups -OCH3 is 1. The van der Waals surface area contributed by atoms with Crippen LogP contribution in [0.3, 0.4) is 0 Å². The van der Waals surface area contributed by atoms with Crippen LogP contribution in [0.25, 0.3) is 0 Å². The van der Waals surface area contributed by atoms with Gasteiger partial charge in [0.2, 0.25) is 0 Å². The summed E-state index contributed by atoms with van der Waals surface area (Å²) in [6.45, 7) is 0. The lowest BCUT2D eigenvalue weighted by Crippen LogP contribution is -2.34. The van der Waals surface area contributed by atoms with E-state index in [9.17, 15) is 9.28 Å². The topological polar surface area (TPSA) is 38.3 Å². The minimum Gasteiger partial charge on any atom is -0.468 e. The number of hydrogen-bond donors (Lipinski definition) is 1. The molecule has 1 N–H and O–H groups in total. The van der Waals surface area contributed by atoms with Crippen molar-refractivity contribution in [2.24, 2.45) is 0 Å². The van der Waals surface area contributed by atoms with Gasteiger partial charge in [-0.05, 0) is 5.56 Å². The van der Waals surface area contributed by atoms with Crippen LogP contribution in [0.5, 0.6) is 0 Å². The molecule has 0 aliphatic rings. The number of esters is 1. The van der Waals surface area contributed by atoms with Crippen molar-refractivity contribution in [3.05, 3.63) is 35.9 Å². The van der Waals surface area contributed by atoms with E-state index in [0.29, 0.717) is 0 Å². The van der Waals surface area contributed by atoms with Gasteiger partial charge in [-0.2, -0.15) is 0 Å². The monoisotopic (exact) mass is 233 g/mol. The van der Waals surface area contributed by atoms with E-state index < -0.39 is 12.0 Å². The number of carbonyl (C=O) groups excluding carboxylic acids is 1. The second-order valence-corrected chi connectivity index (χ2v) is 2.87. The third-order valence-corrected chi connectivity index (χ3v) is 1.90. The van der Waals surface area contributed by atoms with Crippen molar-refractivity contribution in [2.75, 3.05) is 7.11 Å². The summed E-state index contributed by atoms with van der Waals surface area (Å²) in [5.74, 6) is -0.601. The molecule has 0 amide bonds. The van der Waals surface area contributed by atoms with Gasteiger partial charge >= 0.3 is 5.97 Å². The summed E-state index contributed by atoms with van der Waals surface area (Å²) in [5.41, 5.74) is 2.31. The van der Waals surface area contributed by atoms with E-state index in [1.54, 1.807) is 0 Å². The maximum Gasteiger partial charge on any atom is 0.325 e. The summed E-state index contributed by atoms with van der Waals surface area (Å²) in [4.78, 5) is 11.0. The lowest BCUT2D eigenvalue weighted by atomic mass is 10.1. The van der Waals surface area contributed by atoms with Crippen LogP contribution in [0, 0.1) is 0 Å². The van der Waals surface area contributed by atoms with Gasteiger partial charge in [0.05, 0.1) is 7.11 Å². The summed E-state index contributed by atoms with van der Waals surface area (Å²) >= 11 is 0. The minimum atomic E-state index is -0.928. The van der Waals surface area contributed by atoms with Gasteiger partial charge < -0.3 is 4.74 Å². The van der Waals surface area contributed by atoms with Gasteiger partial charge in [-0.1, -0.05) is 30.3 Å². The Bertz CT molecular complexity index is 295.